The number of carbonyl (C=O) groups is 1. The molecule has 186 valence electrons. The summed E-state index contributed by atoms with van der Waals surface area (Å²) in [7, 11) is 0. The Morgan fingerprint density at radius 2 is 1.89 bits per heavy atom. The molecule has 2 heterocycles. The number of anilines is 1. The number of thiazole rings is 1. The molecule has 1 atom stereocenters. The van der Waals surface area contributed by atoms with E-state index in [2.05, 4.69) is 26.2 Å². The molecule has 0 saturated carbocycles. The highest BCUT2D eigenvalue weighted by molar-refractivity contribution is 14.1. The van der Waals surface area contributed by atoms with Crippen molar-refractivity contribution in [1.29, 1.82) is 0 Å². The van der Waals surface area contributed by atoms with E-state index >= 15 is 0 Å². The monoisotopic (exact) mass is 705 g/mol. The largest absolute Gasteiger partial charge is 0.506 e. The van der Waals surface area contributed by atoms with Crippen LogP contribution >= 0.6 is 61.5 Å². The number of fused-ring (bicyclic) bond motifs is 1. The van der Waals surface area contributed by atoms with E-state index in [1.165, 1.54) is 15.9 Å². The quantitative estimate of drug-likeness (QED) is 0.271. The minimum atomic E-state index is -0.712. The summed E-state index contributed by atoms with van der Waals surface area (Å²) in [4.78, 5) is 32.5. The first-order chi connectivity index (χ1) is 17.7. The van der Waals surface area contributed by atoms with Crippen LogP contribution < -0.4 is 20.2 Å². The third-order valence-corrected chi connectivity index (χ3v) is 8.34. The molecular formula is C27H18BrClIN3O3S. The molecule has 0 radical (unpaired) electrons. The zero-order valence-electron chi connectivity index (χ0n) is 19.2. The van der Waals surface area contributed by atoms with Crippen molar-refractivity contribution >= 4 is 79.1 Å². The summed E-state index contributed by atoms with van der Waals surface area (Å²) in [6.45, 7) is 1.77. The smallest absolute Gasteiger partial charge is 0.271 e. The van der Waals surface area contributed by atoms with Crippen LogP contribution in [-0.2, 0) is 4.79 Å². The molecule has 1 amide bonds. The number of aromatic hydroxyl groups is 1. The minimum absolute atomic E-state index is 0.0861. The number of phenols is 1. The van der Waals surface area contributed by atoms with Crippen LogP contribution in [0.15, 0.2) is 92.3 Å². The first-order valence-corrected chi connectivity index (χ1v) is 14.1. The Kier molecular flexibility index (Phi) is 7.39. The van der Waals surface area contributed by atoms with Crippen LogP contribution in [0.2, 0.25) is 5.02 Å². The number of aromatic nitrogens is 1. The summed E-state index contributed by atoms with van der Waals surface area (Å²) in [6.07, 6.45) is 1.65. The van der Waals surface area contributed by atoms with E-state index in [1.54, 1.807) is 61.5 Å². The molecule has 1 aromatic heterocycles. The number of benzene rings is 3. The summed E-state index contributed by atoms with van der Waals surface area (Å²) in [5.41, 5.74) is 2.44. The Balaban J connectivity index is 1.70. The van der Waals surface area contributed by atoms with Gasteiger partial charge in [-0.3, -0.25) is 14.2 Å². The van der Waals surface area contributed by atoms with Crippen molar-refractivity contribution < 1.29 is 9.90 Å². The Labute approximate surface area is 242 Å². The molecule has 1 aliphatic heterocycles. The molecule has 6 nitrogen and oxygen atoms in total. The molecule has 1 aliphatic rings. The molecule has 3 aromatic carbocycles. The molecule has 0 saturated heterocycles. The third-order valence-electron chi connectivity index (χ3n) is 5.83. The lowest BCUT2D eigenvalue weighted by Crippen LogP contribution is -2.40. The number of halogens is 3. The summed E-state index contributed by atoms with van der Waals surface area (Å²) >= 11 is 12.8. The molecule has 5 rings (SSSR count). The molecule has 0 aliphatic carbocycles. The van der Waals surface area contributed by atoms with Gasteiger partial charge in [-0.05, 0) is 77.6 Å². The molecule has 4 aromatic rings. The molecule has 37 heavy (non-hydrogen) atoms. The SMILES string of the molecule is CC1=C(C(=O)Nc2ccccc2)[C@@H](c2ccc(Cl)cc2)n2c(s/c(=C/c3cc(Br)cc(I)c3O)c2=O)=N1. The lowest BCUT2D eigenvalue weighted by atomic mass is 9.95. The van der Waals surface area contributed by atoms with E-state index in [0.29, 0.717) is 40.4 Å². The van der Waals surface area contributed by atoms with Gasteiger partial charge in [-0.1, -0.05) is 69.2 Å². The van der Waals surface area contributed by atoms with Crippen LogP contribution in [0.5, 0.6) is 5.75 Å². The predicted octanol–water partition coefficient (Wildman–Crippen LogP) is 5.60. The first-order valence-electron chi connectivity index (χ1n) is 11.1. The number of amides is 1. The molecule has 10 heteroatoms. The maximum Gasteiger partial charge on any atom is 0.271 e. The fourth-order valence-corrected chi connectivity index (χ4v) is 6.84. The average Bonchev–Trinajstić information content (AvgIpc) is 3.16. The number of phenolic OH excluding ortho intramolecular Hbond substituents is 1. The standard InChI is InChI=1S/C27H18BrClIN3O3S/c1-14-22(25(35)32-19-5-3-2-4-6-19)23(15-7-9-18(29)10-8-15)33-26(36)21(37-27(33)31-14)12-16-11-17(28)13-20(30)24(16)34/h2-13,23,34H,1H3,(H,32,35)/b21-12+/t23-/m1/s1. The first kappa shape index (κ1) is 25.9. The zero-order chi connectivity index (χ0) is 26.3. The van der Waals surface area contributed by atoms with Gasteiger partial charge in [-0.2, -0.15) is 0 Å². The van der Waals surface area contributed by atoms with Gasteiger partial charge in [0.15, 0.2) is 4.80 Å². The fraction of sp³-hybridized carbons (Fsp3) is 0.0741. The van der Waals surface area contributed by atoms with E-state index in [9.17, 15) is 14.7 Å². The van der Waals surface area contributed by atoms with Gasteiger partial charge in [0.1, 0.15) is 5.75 Å². The van der Waals surface area contributed by atoms with Crippen molar-refractivity contribution in [2.24, 2.45) is 4.99 Å². The van der Waals surface area contributed by atoms with Gasteiger partial charge < -0.3 is 10.4 Å². The average molecular weight is 707 g/mol. The molecular weight excluding hydrogens is 689 g/mol. The van der Waals surface area contributed by atoms with E-state index in [0.717, 1.165) is 10.0 Å². The van der Waals surface area contributed by atoms with Crippen molar-refractivity contribution in [2.75, 3.05) is 5.32 Å². The van der Waals surface area contributed by atoms with Crippen LogP contribution in [0.3, 0.4) is 0 Å². The van der Waals surface area contributed by atoms with Crippen LogP contribution in [0.25, 0.3) is 6.08 Å². The molecule has 0 unspecified atom stereocenters. The van der Waals surface area contributed by atoms with Crippen LogP contribution in [0.1, 0.15) is 24.1 Å². The molecule has 0 bridgehead atoms. The summed E-state index contributed by atoms with van der Waals surface area (Å²) < 4.78 is 3.36. The Bertz CT molecular complexity index is 1750. The van der Waals surface area contributed by atoms with E-state index in [1.807, 2.05) is 40.8 Å². The van der Waals surface area contributed by atoms with Crippen molar-refractivity contribution in [3.63, 3.8) is 0 Å². The predicted molar refractivity (Wildman–Crippen MR) is 159 cm³/mol. The number of hydrogen-bond donors (Lipinski definition) is 2. The second kappa shape index (κ2) is 10.6. The molecule has 2 N–H and O–H groups in total. The molecule has 0 fully saturated rings. The van der Waals surface area contributed by atoms with E-state index < -0.39 is 6.04 Å². The molecule has 0 spiro atoms. The van der Waals surface area contributed by atoms with Gasteiger partial charge in [-0.15, -0.1) is 0 Å². The van der Waals surface area contributed by atoms with Crippen molar-refractivity contribution in [1.82, 2.24) is 4.57 Å². The number of carbonyl (C=O) groups excluding carboxylic acids is 1. The highest BCUT2D eigenvalue weighted by Gasteiger charge is 2.32. The van der Waals surface area contributed by atoms with Gasteiger partial charge >= 0.3 is 0 Å². The lowest BCUT2D eigenvalue weighted by molar-refractivity contribution is -0.113. The van der Waals surface area contributed by atoms with Gasteiger partial charge in [0.25, 0.3) is 11.5 Å². The van der Waals surface area contributed by atoms with E-state index in [4.69, 9.17) is 11.6 Å². The second-order valence-corrected chi connectivity index (χ2v) is 11.8. The van der Waals surface area contributed by atoms with Crippen LogP contribution in [0, 0.1) is 3.57 Å². The Hall–Kier alpha value is -2.73. The normalized spacial score (nSPS) is 15.4. The summed E-state index contributed by atoms with van der Waals surface area (Å²) in [6, 6.07) is 19.0. The number of para-hydroxylation sites is 1. The Morgan fingerprint density at radius 1 is 1.19 bits per heavy atom. The number of nitrogens with zero attached hydrogens (tertiary/aromatic N) is 2. The number of rotatable bonds is 4. The summed E-state index contributed by atoms with van der Waals surface area (Å²) in [5.74, 6) is -0.260. The lowest BCUT2D eigenvalue weighted by Gasteiger charge is -2.25. The maximum absolute atomic E-state index is 13.8. The Morgan fingerprint density at radius 3 is 2.59 bits per heavy atom. The highest BCUT2D eigenvalue weighted by atomic mass is 127. The topological polar surface area (TPSA) is 83.7 Å². The number of hydrogen-bond acceptors (Lipinski definition) is 5. The highest BCUT2D eigenvalue weighted by Crippen LogP contribution is 2.32. The second-order valence-electron chi connectivity index (χ2n) is 8.28. The van der Waals surface area contributed by atoms with Crippen LogP contribution in [-0.4, -0.2) is 15.6 Å². The minimum Gasteiger partial charge on any atom is -0.506 e. The fourth-order valence-electron chi connectivity index (χ4n) is 4.13. The van der Waals surface area contributed by atoms with Crippen LogP contribution in [0.4, 0.5) is 5.69 Å². The third kappa shape index (κ3) is 5.18. The maximum atomic E-state index is 13.8. The zero-order valence-corrected chi connectivity index (χ0v) is 24.5. The van der Waals surface area contributed by atoms with Gasteiger partial charge in [0, 0.05) is 20.7 Å². The summed E-state index contributed by atoms with van der Waals surface area (Å²) in [5, 5.41) is 14.0. The van der Waals surface area contributed by atoms with Gasteiger partial charge in [0.05, 0.1) is 25.4 Å². The van der Waals surface area contributed by atoms with Crippen molar-refractivity contribution in [3.05, 3.63) is 122 Å². The number of nitrogens with one attached hydrogen (secondary N) is 1. The van der Waals surface area contributed by atoms with E-state index in [-0.39, 0.29) is 17.2 Å². The number of allylic oxidation sites excluding steroid dienone is 1. The van der Waals surface area contributed by atoms with Crippen molar-refractivity contribution in [3.8, 4) is 5.75 Å². The van der Waals surface area contributed by atoms with Gasteiger partial charge in [-0.25, -0.2) is 4.99 Å². The van der Waals surface area contributed by atoms with Crippen molar-refractivity contribution in [2.45, 2.75) is 13.0 Å². The van der Waals surface area contributed by atoms with Gasteiger partial charge in [0.2, 0.25) is 0 Å².